The quantitative estimate of drug-likeness (QED) is 0.823. The molecule has 8 heteroatoms. The van der Waals surface area contributed by atoms with E-state index < -0.39 is 0 Å². The molecule has 150 valence electrons. The van der Waals surface area contributed by atoms with Crippen LogP contribution in [-0.4, -0.2) is 65.2 Å². The van der Waals surface area contributed by atoms with Crippen molar-refractivity contribution in [2.24, 2.45) is 23.5 Å². The van der Waals surface area contributed by atoms with Gasteiger partial charge in [-0.2, -0.15) is 4.98 Å². The van der Waals surface area contributed by atoms with Crippen LogP contribution in [0.25, 0.3) is 0 Å². The average molecular weight is 377 g/mol. The molecule has 1 aliphatic heterocycles. The van der Waals surface area contributed by atoms with Crippen molar-refractivity contribution in [2.45, 2.75) is 51.3 Å². The first-order valence-electron chi connectivity index (χ1n) is 10.2. The molecule has 3 aliphatic rings. The third-order valence-electron chi connectivity index (χ3n) is 6.73. The fourth-order valence-corrected chi connectivity index (χ4v) is 5.06. The number of ether oxygens (including phenoxy) is 1. The average Bonchev–Trinajstić information content (AvgIpc) is 3.35. The summed E-state index contributed by atoms with van der Waals surface area (Å²) in [5, 5.41) is 3.99. The maximum atomic E-state index is 13.1. The minimum atomic E-state index is -0.175. The summed E-state index contributed by atoms with van der Waals surface area (Å²) in [6, 6.07) is 0.0650. The van der Waals surface area contributed by atoms with Crippen LogP contribution in [0.15, 0.2) is 4.52 Å². The number of aromatic nitrogens is 2. The fraction of sp³-hybridized carbons (Fsp3) is 0.842. The normalized spacial score (nSPS) is 32.6. The third-order valence-corrected chi connectivity index (χ3v) is 6.73. The largest absolute Gasteiger partial charge is 0.374 e. The van der Waals surface area contributed by atoms with Gasteiger partial charge >= 0.3 is 0 Å². The number of amides is 1. The fourth-order valence-electron chi connectivity index (χ4n) is 5.06. The molecule has 27 heavy (non-hydrogen) atoms. The second-order valence-corrected chi connectivity index (χ2v) is 8.32. The Bertz CT molecular complexity index is 664. The van der Waals surface area contributed by atoms with Crippen LogP contribution in [0, 0.1) is 17.8 Å². The Hall–Kier alpha value is -1.51. The van der Waals surface area contributed by atoms with Gasteiger partial charge in [0.2, 0.25) is 11.8 Å². The van der Waals surface area contributed by atoms with Crippen molar-refractivity contribution < 1.29 is 14.1 Å². The monoisotopic (exact) mass is 377 g/mol. The molecule has 1 aromatic heterocycles. The first kappa shape index (κ1) is 18.8. The van der Waals surface area contributed by atoms with E-state index in [2.05, 4.69) is 15.0 Å². The lowest BCUT2D eigenvalue weighted by Crippen LogP contribution is -2.48. The summed E-state index contributed by atoms with van der Waals surface area (Å²) < 4.78 is 10.6. The highest BCUT2D eigenvalue weighted by atomic mass is 16.5. The lowest BCUT2D eigenvalue weighted by Gasteiger charge is -2.32. The molecule has 2 N–H and O–H groups in total. The number of rotatable bonds is 5. The minimum Gasteiger partial charge on any atom is -0.374 e. The molecule has 4 rings (SSSR count). The Labute approximate surface area is 160 Å². The minimum absolute atomic E-state index is 0.0457. The van der Waals surface area contributed by atoms with E-state index in [1.54, 1.807) is 7.11 Å². The van der Waals surface area contributed by atoms with Crippen molar-refractivity contribution in [1.29, 1.82) is 0 Å². The SMILES string of the molecule is COC(C)c1noc(CN2CCCN(C(=O)C3C4CCC(C4)C3N)CC2)n1. The number of carbonyl (C=O) groups is 1. The van der Waals surface area contributed by atoms with Gasteiger partial charge in [-0.1, -0.05) is 5.16 Å². The molecule has 5 atom stereocenters. The number of nitrogens with zero attached hydrogens (tertiary/aromatic N) is 4. The molecule has 2 bridgehead atoms. The smallest absolute Gasteiger partial charge is 0.240 e. The van der Waals surface area contributed by atoms with Gasteiger partial charge < -0.3 is 19.9 Å². The molecular formula is C19H31N5O3. The lowest BCUT2D eigenvalue weighted by atomic mass is 9.84. The molecule has 1 saturated heterocycles. The van der Waals surface area contributed by atoms with Crippen LogP contribution < -0.4 is 5.73 Å². The molecule has 2 saturated carbocycles. The van der Waals surface area contributed by atoms with Crippen molar-refractivity contribution in [3.05, 3.63) is 11.7 Å². The number of hydrogen-bond acceptors (Lipinski definition) is 7. The molecule has 5 unspecified atom stereocenters. The molecule has 1 amide bonds. The first-order valence-corrected chi connectivity index (χ1v) is 10.2. The van der Waals surface area contributed by atoms with Crippen LogP contribution in [0.2, 0.25) is 0 Å². The van der Waals surface area contributed by atoms with Gasteiger partial charge in [-0.15, -0.1) is 0 Å². The summed E-state index contributed by atoms with van der Waals surface area (Å²) in [6.07, 6.45) is 4.31. The highest BCUT2D eigenvalue weighted by Gasteiger charge is 2.50. The highest BCUT2D eigenvalue weighted by Crippen LogP contribution is 2.48. The molecule has 0 aromatic carbocycles. The molecule has 2 aliphatic carbocycles. The number of methoxy groups -OCH3 is 1. The zero-order chi connectivity index (χ0) is 19.0. The van der Waals surface area contributed by atoms with Crippen molar-refractivity contribution in [2.75, 3.05) is 33.3 Å². The van der Waals surface area contributed by atoms with E-state index in [4.69, 9.17) is 15.0 Å². The summed E-state index contributed by atoms with van der Waals surface area (Å²) in [4.78, 5) is 21.8. The molecule has 2 heterocycles. The van der Waals surface area contributed by atoms with Gasteiger partial charge in [0.15, 0.2) is 5.82 Å². The van der Waals surface area contributed by atoms with Gasteiger partial charge in [0.05, 0.1) is 12.5 Å². The van der Waals surface area contributed by atoms with E-state index in [0.29, 0.717) is 30.1 Å². The van der Waals surface area contributed by atoms with E-state index in [1.807, 2.05) is 11.8 Å². The molecule has 3 fully saturated rings. The maximum Gasteiger partial charge on any atom is 0.240 e. The third kappa shape index (κ3) is 3.75. The molecule has 1 aromatic rings. The first-order chi connectivity index (χ1) is 13.1. The highest BCUT2D eigenvalue weighted by molar-refractivity contribution is 5.80. The predicted molar refractivity (Wildman–Crippen MR) is 98.5 cm³/mol. The summed E-state index contributed by atoms with van der Waals surface area (Å²) in [6.45, 7) is 5.80. The van der Waals surface area contributed by atoms with Gasteiger partial charge in [0.25, 0.3) is 0 Å². The van der Waals surface area contributed by atoms with Gasteiger partial charge in [-0.3, -0.25) is 9.69 Å². The van der Waals surface area contributed by atoms with Crippen LogP contribution in [0.3, 0.4) is 0 Å². The van der Waals surface area contributed by atoms with E-state index >= 15 is 0 Å². The second kappa shape index (κ2) is 7.85. The lowest BCUT2D eigenvalue weighted by molar-refractivity contribution is -0.137. The van der Waals surface area contributed by atoms with Crippen LogP contribution >= 0.6 is 0 Å². The molecular weight excluding hydrogens is 346 g/mol. The second-order valence-electron chi connectivity index (χ2n) is 8.32. The number of nitrogens with two attached hydrogens (primary N) is 1. The summed E-state index contributed by atoms with van der Waals surface area (Å²) in [5.74, 6) is 2.58. The van der Waals surface area contributed by atoms with Gasteiger partial charge in [-0.05, 0) is 44.4 Å². The zero-order valence-electron chi connectivity index (χ0n) is 16.3. The summed E-state index contributed by atoms with van der Waals surface area (Å²) in [5.41, 5.74) is 6.38. The van der Waals surface area contributed by atoms with Crippen LogP contribution in [-0.2, 0) is 16.1 Å². The van der Waals surface area contributed by atoms with Crippen LogP contribution in [0.4, 0.5) is 0 Å². The van der Waals surface area contributed by atoms with Crippen molar-refractivity contribution in [3.8, 4) is 0 Å². The number of fused-ring (bicyclic) bond motifs is 2. The van der Waals surface area contributed by atoms with Crippen molar-refractivity contribution >= 4 is 5.91 Å². The Kier molecular flexibility index (Phi) is 5.48. The Morgan fingerprint density at radius 3 is 2.85 bits per heavy atom. The van der Waals surface area contributed by atoms with Crippen molar-refractivity contribution in [1.82, 2.24) is 19.9 Å². The Balaban J connectivity index is 1.32. The number of hydrogen-bond donors (Lipinski definition) is 1. The summed E-state index contributed by atoms with van der Waals surface area (Å²) >= 11 is 0. The number of carbonyl (C=O) groups excluding carboxylic acids is 1. The Morgan fingerprint density at radius 1 is 1.30 bits per heavy atom. The van der Waals surface area contributed by atoms with E-state index in [-0.39, 0.29) is 24.0 Å². The zero-order valence-corrected chi connectivity index (χ0v) is 16.3. The van der Waals surface area contributed by atoms with Gasteiger partial charge in [0.1, 0.15) is 6.10 Å². The topological polar surface area (TPSA) is 97.7 Å². The van der Waals surface area contributed by atoms with Crippen molar-refractivity contribution in [3.63, 3.8) is 0 Å². The Morgan fingerprint density at radius 2 is 2.11 bits per heavy atom. The maximum absolute atomic E-state index is 13.1. The van der Waals surface area contributed by atoms with E-state index in [0.717, 1.165) is 39.0 Å². The predicted octanol–water partition coefficient (Wildman–Crippen LogP) is 1.18. The van der Waals surface area contributed by atoms with Crippen LogP contribution in [0.1, 0.15) is 50.4 Å². The van der Waals surface area contributed by atoms with Crippen LogP contribution in [0.5, 0.6) is 0 Å². The molecule has 0 radical (unpaired) electrons. The molecule has 0 spiro atoms. The van der Waals surface area contributed by atoms with Gasteiger partial charge in [0, 0.05) is 39.3 Å². The standard InChI is InChI=1S/C19H31N5O3/c1-12(26-2)18-21-15(27-22-18)11-23-6-3-7-24(9-8-23)19(25)16-13-4-5-14(10-13)17(16)20/h12-14,16-17H,3-11,20H2,1-2H3. The van der Waals surface area contributed by atoms with E-state index in [1.165, 1.54) is 12.8 Å². The molecule has 8 nitrogen and oxygen atoms in total. The van der Waals surface area contributed by atoms with Gasteiger partial charge in [-0.25, -0.2) is 0 Å². The summed E-state index contributed by atoms with van der Waals surface area (Å²) in [7, 11) is 1.63. The van der Waals surface area contributed by atoms with E-state index in [9.17, 15) is 4.79 Å².